The lowest BCUT2D eigenvalue weighted by molar-refractivity contribution is -0.134. The highest BCUT2D eigenvalue weighted by Crippen LogP contribution is 1.84. The summed E-state index contributed by atoms with van der Waals surface area (Å²) in [6, 6.07) is 0. The fraction of sp³-hybridized carbons (Fsp3) is 0.875. The molecule has 0 bridgehead atoms. The first kappa shape index (κ1) is 15.3. The number of hydrogen-bond donors (Lipinski definition) is 2. The van der Waals surface area contributed by atoms with E-state index < -0.39 is 21.7 Å². The molecule has 7 nitrogen and oxygen atoms in total. The van der Waals surface area contributed by atoms with Crippen molar-refractivity contribution in [3.05, 3.63) is 0 Å². The lowest BCUT2D eigenvalue weighted by Gasteiger charge is -2.10. The van der Waals surface area contributed by atoms with Gasteiger partial charge in [-0.25, -0.2) is 13.1 Å². The van der Waals surface area contributed by atoms with Crippen molar-refractivity contribution in [2.45, 2.75) is 0 Å². The Morgan fingerprint density at radius 1 is 1.38 bits per heavy atom. The first-order chi connectivity index (χ1) is 7.33. The van der Waals surface area contributed by atoms with Gasteiger partial charge in [0, 0.05) is 13.1 Å². The second-order valence-electron chi connectivity index (χ2n) is 3.46. The number of nitrogens with one attached hydrogen (secondary N) is 1. The average molecular weight is 254 g/mol. The van der Waals surface area contributed by atoms with Gasteiger partial charge >= 0.3 is 5.97 Å². The molecule has 0 saturated carbocycles. The van der Waals surface area contributed by atoms with Gasteiger partial charge in [0.15, 0.2) is 5.75 Å². The number of ether oxygens (including phenoxy) is 1. The molecule has 0 heterocycles. The molecular weight excluding hydrogens is 236 g/mol. The van der Waals surface area contributed by atoms with Crippen molar-refractivity contribution < 1.29 is 23.1 Å². The molecule has 96 valence electrons. The Kier molecular flexibility index (Phi) is 7.22. The maximum atomic E-state index is 11.0. The molecule has 0 spiro atoms. The van der Waals surface area contributed by atoms with Crippen LogP contribution in [0.15, 0.2) is 0 Å². The lowest BCUT2D eigenvalue weighted by Crippen LogP contribution is -2.32. The van der Waals surface area contributed by atoms with Gasteiger partial charge in [0.1, 0.15) is 0 Å². The van der Waals surface area contributed by atoms with Gasteiger partial charge in [0.05, 0.1) is 13.2 Å². The van der Waals surface area contributed by atoms with E-state index in [0.29, 0.717) is 6.61 Å². The van der Waals surface area contributed by atoms with E-state index in [9.17, 15) is 13.2 Å². The third-order valence-corrected chi connectivity index (χ3v) is 2.84. The third-order valence-electron chi connectivity index (χ3n) is 1.56. The number of likely N-dealkylation sites (N-methyl/N-ethyl adjacent to an activating group) is 1. The summed E-state index contributed by atoms with van der Waals surface area (Å²) in [5.74, 6) is -2.29. The Labute approximate surface area is 95.4 Å². The molecule has 0 aromatic rings. The van der Waals surface area contributed by atoms with Gasteiger partial charge in [0.2, 0.25) is 10.0 Å². The van der Waals surface area contributed by atoms with E-state index in [1.807, 2.05) is 19.0 Å². The normalized spacial score (nSPS) is 11.9. The summed E-state index contributed by atoms with van der Waals surface area (Å²) < 4.78 is 29.3. The van der Waals surface area contributed by atoms with E-state index in [-0.39, 0.29) is 13.2 Å². The highest BCUT2D eigenvalue weighted by molar-refractivity contribution is 7.90. The molecule has 8 heteroatoms. The van der Waals surface area contributed by atoms with Crippen molar-refractivity contribution in [2.24, 2.45) is 0 Å². The molecule has 0 fully saturated rings. The van der Waals surface area contributed by atoms with Gasteiger partial charge < -0.3 is 14.7 Å². The molecule has 0 radical (unpaired) electrons. The predicted molar refractivity (Wildman–Crippen MR) is 58.8 cm³/mol. The third kappa shape index (κ3) is 9.84. The number of aliphatic carboxylic acids is 1. The van der Waals surface area contributed by atoms with Crippen LogP contribution in [0.2, 0.25) is 0 Å². The zero-order chi connectivity index (χ0) is 12.6. The largest absolute Gasteiger partial charge is 0.480 e. The Morgan fingerprint density at radius 3 is 2.50 bits per heavy atom. The number of carbonyl (C=O) groups is 1. The molecule has 0 aliphatic heterocycles. The average Bonchev–Trinajstić information content (AvgIpc) is 2.08. The number of carboxylic acids is 1. The molecule has 0 amide bonds. The standard InChI is InChI=1S/C8H18N2O5S/c1-10(2)4-6-15-5-3-9-16(13,14)7-8(11)12/h9H,3-7H2,1-2H3,(H,11,12). The van der Waals surface area contributed by atoms with E-state index >= 15 is 0 Å². The smallest absolute Gasteiger partial charge is 0.320 e. The molecule has 0 atom stereocenters. The minimum absolute atomic E-state index is 0.0864. The highest BCUT2D eigenvalue weighted by atomic mass is 32.2. The fourth-order valence-electron chi connectivity index (χ4n) is 0.832. The minimum Gasteiger partial charge on any atom is -0.480 e. The summed E-state index contributed by atoms with van der Waals surface area (Å²) >= 11 is 0. The van der Waals surface area contributed by atoms with Crippen molar-refractivity contribution in [3.8, 4) is 0 Å². The molecule has 0 aromatic carbocycles. The molecule has 2 N–H and O–H groups in total. The topological polar surface area (TPSA) is 95.9 Å². The van der Waals surface area contributed by atoms with Crippen LogP contribution in [0, 0.1) is 0 Å². The van der Waals surface area contributed by atoms with E-state index in [4.69, 9.17) is 9.84 Å². The molecule has 16 heavy (non-hydrogen) atoms. The van der Waals surface area contributed by atoms with Crippen molar-refractivity contribution in [1.29, 1.82) is 0 Å². The highest BCUT2D eigenvalue weighted by Gasteiger charge is 2.14. The zero-order valence-electron chi connectivity index (χ0n) is 9.47. The second kappa shape index (κ2) is 7.55. The first-order valence-corrected chi connectivity index (χ1v) is 6.40. The van der Waals surface area contributed by atoms with E-state index in [0.717, 1.165) is 6.54 Å². The molecule has 0 aliphatic rings. The molecule has 0 saturated heterocycles. The van der Waals surface area contributed by atoms with E-state index in [1.165, 1.54) is 0 Å². The van der Waals surface area contributed by atoms with Crippen molar-refractivity contribution in [3.63, 3.8) is 0 Å². The van der Waals surface area contributed by atoms with E-state index in [1.54, 1.807) is 0 Å². The minimum atomic E-state index is -3.72. The monoisotopic (exact) mass is 254 g/mol. The van der Waals surface area contributed by atoms with Gasteiger partial charge in [-0.15, -0.1) is 0 Å². The van der Waals surface area contributed by atoms with Crippen LogP contribution in [0.25, 0.3) is 0 Å². The summed E-state index contributed by atoms with van der Waals surface area (Å²) in [6.45, 7) is 1.57. The Morgan fingerprint density at radius 2 is 2.00 bits per heavy atom. The van der Waals surface area contributed by atoms with Crippen LogP contribution in [0.1, 0.15) is 0 Å². The van der Waals surface area contributed by atoms with Crippen molar-refractivity contribution in [1.82, 2.24) is 9.62 Å². The summed E-state index contributed by atoms with van der Waals surface area (Å²) in [4.78, 5) is 12.1. The van der Waals surface area contributed by atoms with Crippen molar-refractivity contribution in [2.75, 3.05) is 46.2 Å². The Hall–Kier alpha value is -0.700. The number of rotatable bonds is 9. The molecule has 0 unspecified atom stereocenters. The first-order valence-electron chi connectivity index (χ1n) is 4.75. The quantitative estimate of drug-likeness (QED) is 0.490. The van der Waals surface area contributed by atoms with Gasteiger partial charge in [0.25, 0.3) is 0 Å². The van der Waals surface area contributed by atoms with E-state index in [2.05, 4.69) is 4.72 Å². The number of nitrogens with zero attached hydrogens (tertiary/aromatic N) is 1. The predicted octanol–water partition coefficient (Wildman–Crippen LogP) is -1.43. The Balaban J connectivity index is 3.55. The second-order valence-corrected chi connectivity index (χ2v) is 5.27. The fourth-order valence-corrected chi connectivity index (χ4v) is 1.65. The number of carboxylic acid groups (broad SMARTS) is 1. The van der Waals surface area contributed by atoms with Gasteiger partial charge in [-0.05, 0) is 14.1 Å². The molecular formula is C8H18N2O5S. The van der Waals surface area contributed by atoms with Crippen LogP contribution in [-0.4, -0.2) is 70.5 Å². The van der Waals surface area contributed by atoms with Crippen LogP contribution >= 0.6 is 0 Å². The summed E-state index contributed by atoms with van der Waals surface area (Å²) in [5.41, 5.74) is 0. The lowest BCUT2D eigenvalue weighted by atomic mass is 10.6. The SMILES string of the molecule is CN(C)CCOCCNS(=O)(=O)CC(=O)O. The van der Waals surface area contributed by atoms with Gasteiger partial charge in [-0.1, -0.05) is 0 Å². The summed E-state index contributed by atoms with van der Waals surface area (Å²) in [5, 5.41) is 8.29. The van der Waals surface area contributed by atoms with Crippen LogP contribution in [0.3, 0.4) is 0 Å². The molecule has 0 aromatic heterocycles. The van der Waals surface area contributed by atoms with Crippen LogP contribution < -0.4 is 4.72 Å². The number of sulfonamides is 1. The summed E-state index contributed by atoms with van der Waals surface area (Å²) in [7, 11) is 0.0791. The van der Waals surface area contributed by atoms with Crippen LogP contribution in [-0.2, 0) is 19.6 Å². The van der Waals surface area contributed by atoms with Crippen molar-refractivity contribution >= 4 is 16.0 Å². The summed E-state index contributed by atoms with van der Waals surface area (Å²) in [6.07, 6.45) is 0. The van der Waals surface area contributed by atoms with Crippen LogP contribution in [0.4, 0.5) is 0 Å². The number of hydrogen-bond acceptors (Lipinski definition) is 5. The van der Waals surface area contributed by atoms with Gasteiger partial charge in [-0.3, -0.25) is 4.79 Å². The maximum Gasteiger partial charge on any atom is 0.320 e. The van der Waals surface area contributed by atoms with Gasteiger partial charge in [-0.2, -0.15) is 0 Å². The maximum absolute atomic E-state index is 11.0. The molecule has 0 rings (SSSR count). The Bertz CT molecular complexity index is 302. The molecule has 0 aliphatic carbocycles. The zero-order valence-corrected chi connectivity index (χ0v) is 10.3. The van der Waals surface area contributed by atoms with Crippen LogP contribution in [0.5, 0.6) is 0 Å².